The Kier molecular flexibility index (Phi) is 8.30. The maximum atomic E-state index is 13.4. The molecule has 0 unspecified atom stereocenters. The fourth-order valence-electron chi connectivity index (χ4n) is 4.65. The van der Waals surface area contributed by atoms with E-state index < -0.39 is 0 Å². The molecule has 31 heavy (non-hydrogen) atoms. The molecule has 0 radical (unpaired) electrons. The highest BCUT2D eigenvalue weighted by Gasteiger charge is 2.22. The molecule has 2 aromatic rings. The number of likely N-dealkylation sites (tertiary alicyclic amines) is 1. The number of piperidine rings is 1. The number of aromatic nitrogens is 1. The lowest BCUT2D eigenvalue weighted by atomic mass is 9.97. The van der Waals surface area contributed by atoms with Gasteiger partial charge in [0.2, 0.25) is 0 Å². The molecule has 0 amide bonds. The molecule has 1 aromatic carbocycles. The number of morpholine rings is 1. The average molecular weight is 447 g/mol. The van der Waals surface area contributed by atoms with Gasteiger partial charge in [-0.05, 0) is 56.0 Å². The van der Waals surface area contributed by atoms with Gasteiger partial charge in [0.15, 0.2) is 5.13 Å². The Morgan fingerprint density at radius 1 is 1.26 bits per heavy atom. The van der Waals surface area contributed by atoms with Gasteiger partial charge >= 0.3 is 0 Å². The fourth-order valence-corrected chi connectivity index (χ4v) is 5.65. The molecule has 1 atom stereocenters. The summed E-state index contributed by atoms with van der Waals surface area (Å²) in [4.78, 5) is 13.5. The second kappa shape index (κ2) is 11.4. The van der Waals surface area contributed by atoms with Crippen LogP contribution < -0.4 is 4.90 Å². The van der Waals surface area contributed by atoms with Crippen molar-refractivity contribution in [3.05, 3.63) is 46.7 Å². The van der Waals surface area contributed by atoms with Crippen LogP contribution in [0.25, 0.3) is 0 Å². The van der Waals surface area contributed by atoms with Gasteiger partial charge in [0.25, 0.3) is 0 Å². The van der Waals surface area contributed by atoms with Crippen LogP contribution in [-0.2, 0) is 17.7 Å². The summed E-state index contributed by atoms with van der Waals surface area (Å²) >= 11 is 1.83. The predicted molar refractivity (Wildman–Crippen MR) is 125 cm³/mol. The molecule has 2 aliphatic rings. The first kappa shape index (κ1) is 22.6. The number of anilines is 1. The summed E-state index contributed by atoms with van der Waals surface area (Å²) in [5.41, 5.74) is 1.10. The average Bonchev–Trinajstić information content (AvgIpc) is 3.27. The van der Waals surface area contributed by atoms with Gasteiger partial charge in [0.1, 0.15) is 5.82 Å². The van der Waals surface area contributed by atoms with Crippen molar-refractivity contribution in [3.8, 4) is 0 Å². The zero-order valence-corrected chi connectivity index (χ0v) is 19.5. The highest BCUT2D eigenvalue weighted by molar-refractivity contribution is 7.15. The second-order valence-electron chi connectivity index (χ2n) is 8.73. The molecular weight excluding hydrogens is 411 g/mol. The Morgan fingerprint density at radius 2 is 2.13 bits per heavy atom. The van der Waals surface area contributed by atoms with Crippen LogP contribution >= 0.6 is 11.3 Å². The van der Waals surface area contributed by atoms with Crippen LogP contribution in [-0.4, -0.2) is 73.8 Å². The summed E-state index contributed by atoms with van der Waals surface area (Å²) in [6, 6.07) is 7.03. The number of rotatable bonds is 9. The number of thiazole rings is 1. The summed E-state index contributed by atoms with van der Waals surface area (Å²) in [5, 5.41) is 1.13. The molecule has 3 heterocycles. The Morgan fingerprint density at radius 3 is 2.94 bits per heavy atom. The minimum Gasteiger partial charge on any atom is -0.378 e. The maximum Gasteiger partial charge on any atom is 0.185 e. The molecule has 0 N–H and O–H groups in total. The predicted octanol–water partition coefficient (Wildman–Crippen LogP) is 3.90. The highest BCUT2D eigenvalue weighted by Crippen LogP contribution is 2.25. The first-order chi connectivity index (χ1) is 15.2. The lowest BCUT2D eigenvalue weighted by Gasteiger charge is -2.35. The van der Waals surface area contributed by atoms with E-state index in [0.717, 1.165) is 82.7 Å². The van der Waals surface area contributed by atoms with Gasteiger partial charge in [-0.2, -0.15) is 0 Å². The molecular formula is C24H35FN4OS. The van der Waals surface area contributed by atoms with Crippen molar-refractivity contribution in [2.45, 2.75) is 32.7 Å². The van der Waals surface area contributed by atoms with Crippen molar-refractivity contribution in [2.75, 3.05) is 63.9 Å². The summed E-state index contributed by atoms with van der Waals surface area (Å²) < 4.78 is 18.9. The molecule has 7 heteroatoms. The van der Waals surface area contributed by atoms with Crippen molar-refractivity contribution in [1.29, 1.82) is 0 Å². The van der Waals surface area contributed by atoms with E-state index in [-0.39, 0.29) is 5.82 Å². The Hall–Kier alpha value is -1.54. The molecule has 1 aromatic heterocycles. The third-order valence-corrected chi connectivity index (χ3v) is 7.42. The van der Waals surface area contributed by atoms with Crippen LogP contribution in [0, 0.1) is 11.7 Å². The molecule has 2 fully saturated rings. The lowest BCUT2D eigenvalue weighted by molar-refractivity contribution is 0.122. The fraction of sp³-hybridized carbons (Fsp3) is 0.625. The summed E-state index contributed by atoms with van der Waals surface area (Å²) in [6.07, 6.45) is 5.54. The first-order valence-corrected chi connectivity index (χ1v) is 12.5. The molecule has 0 aliphatic carbocycles. The Bertz CT molecular complexity index is 810. The van der Waals surface area contributed by atoms with Crippen LogP contribution in [0.5, 0.6) is 0 Å². The topological polar surface area (TPSA) is 31.8 Å². The zero-order chi connectivity index (χ0) is 21.5. The number of nitrogens with zero attached hydrogens (tertiary/aromatic N) is 4. The molecule has 0 saturated carbocycles. The van der Waals surface area contributed by atoms with Crippen LogP contribution in [0.15, 0.2) is 30.5 Å². The van der Waals surface area contributed by atoms with Crippen molar-refractivity contribution >= 4 is 16.5 Å². The second-order valence-corrected chi connectivity index (χ2v) is 9.82. The van der Waals surface area contributed by atoms with Gasteiger partial charge in [0, 0.05) is 50.3 Å². The van der Waals surface area contributed by atoms with Crippen LogP contribution in [0.3, 0.4) is 0 Å². The Labute approximate surface area is 189 Å². The molecule has 4 rings (SSSR count). The normalized spacial score (nSPS) is 20.5. The highest BCUT2D eigenvalue weighted by atomic mass is 32.1. The van der Waals surface area contributed by atoms with Crippen LogP contribution in [0.2, 0.25) is 0 Å². The monoisotopic (exact) mass is 446 g/mol. The molecule has 2 saturated heterocycles. The smallest absolute Gasteiger partial charge is 0.185 e. The maximum absolute atomic E-state index is 13.4. The standard InChI is InChI=1S/C24H35FN4OS/c1-2-27(19-23-16-26-24(31-23)29-11-13-30-14-12-29)17-21-6-4-9-28(18-21)10-8-20-5-3-7-22(25)15-20/h3,5,7,15-16,21H,2,4,6,8-14,17-19H2,1H3/t21-/m0/s1. The third-order valence-electron chi connectivity index (χ3n) is 6.37. The number of hydrogen-bond acceptors (Lipinski definition) is 6. The third kappa shape index (κ3) is 6.72. The van der Waals surface area contributed by atoms with Gasteiger partial charge < -0.3 is 14.5 Å². The van der Waals surface area contributed by atoms with E-state index in [1.54, 1.807) is 6.07 Å². The van der Waals surface area contributed by atoms with E-state index in [1.165, 1.54) is 23.8 Å². The van der Waals surface area contributed by atoms with Gasteiger partial charge in [-0.25, -0.2) is 9.37 Å². The van der Waals surface area contributed by atoms with Crippen molar-refractivity contribution in [3.63, 3.8) is 0 Å². The number of halogens is 1. The SMILES string of the molecule is CCN(Cc1cnc(N2CCOCC2)s1)C[C@@H]1CCCN(CCc2cccc(F)c2)C1. The van der Waals surface area contributed by atoms with Gasteiger partial charge in [-0.3, -0.25) is 4.90 Å². The van der Waals surface area contributed by atoms with E-state index in [4.69, 9.17) is 4.74 Å². The molecule has 0 bridgehead atoms. The molecule has 2 aliphatic heterocycles. The van der Waals surface area contributed by atoms with E-state index in [0.29, 0.717) is 5.92 Å². The quantitative estimate of drug-likeness (QED) is 0.583. The lowest BCUT2D eigenvalue weighted by Crippen LogP contribution is -2.41. The summed E-state index contributed by atoms with van der Waals surface area (Å²) in [5.74, 6) is 0.570. The molecule has 0 spiro atoms. The first-order valence-electron chi connectivity index (χ1n) is 11.7. The molecule has 170 valence electrons. The van der Waals surface area contributed by atoms with E-state index in [9.17, 15) is 4.39 Å². The van der Waals surface area contributed by atoms with E-state index >= 15 is 0 Å². The summed E-state index contributed by atoms with van der Waals surface area (Å²) in [7, 11) is 0. The van der Waals surface area contributed by atoms with Gasteiger partial charge in [-0.1, -0.05) is 19.1 Å². The van der Waals surface area contributed by atoms with E-state index in [2.05, 4.69) is 32.8 Å². The van der Waals surface area contributed by atoms with Crippen LogP contribution in [0.1, 0.15) is 30.2 Å². The molecule has 5 nitrogen and oxygen atoms in total. The van der Waals surface area contributed by atoms with Crippen molar-refractivity contribution in [2.24, 2.45) is 5.92 Å². The van der Waals surface area contributed by atoms with Gasteiger partial charge in [-0.15, -0.1) is 11.3 Å². The Balaban J connectivity index is 1.25. The minimum atomic E-state index is -0.132. The van der Waals surface area contributed by atoms with Gasteiger partial charge in [0.05, 0.1) is 13.2 Å². The zero-order valence-electron chi connectivity index (χ0n) is 18.6. The van der Waals surface area contributed by atoms with E-state index in [1.807, 2.05) is 23.5 Å². The van der Waals surface area contributed by atoms with Crippen molar-refractivity contribution in [1.82, 2.24) is 14.8 Å². The summed E-state index contributed by atoms with van der Waals surface area (Å²) in [6.45, 7) is 12.2. The van der Waals surface area contributed by atoms with Crippen LogP contribution in [0.4, 0.5) is 9.52 Å². The minimum absolute atomic E-state index is 0.132. The number of hydrogen-bond donors (Lipinski definition) is 0. The number of benzene rings is 1. The number of ether oxygens (including phenoxy) is 1. The van der Waals surface area contributed by atoms with Crippen molar-refractivity contribution < 1.29 is 9.13 Å². The largest absolute Gasteiger partial charge is 0.378 e.